The lowest BCUT2D eigenvalue weighted by molar-refractivity contribution is -0.151. The van der Waals surface area contributed by atoms with E-state index in [0.717, 1.165) is 30.9 Å². The molecular weight excluding hydrogens is 333 g/mol. The van der Waals surface area contributed by atoms with Gasteiger partial charge in [0.15, 0.2) is 6.61 Å². The first-order valence-electron chi connectivity index (χ1n) is 7.81. The number of hydrogen-bond donors (Lipinski definition) is 0. The molecule has 2 atom stereocenters. The van der Waals surface area contributed by atoms with Crippen molar-refractivity contribution in [2.24, 2.45) is 0 Å². The van der Waals surface area contributed by atoms with Crippen LogP contribution in [-0.2, 0) is 9.53 Å². The number of halogens is 2. The summed E-state index contributed by atoms with van der Waals surface area (Å²) in [7, 11) is 0. The van der Waals surface area contributed by atoms with Gasteiger partial charge in [0, 0.05) is 24.4 Å². The van der Waals surface area contributed by atoms with Crippen LogP contribution in [-0.4, -0.2) is 23.7 Å². The second-order valence-electron chi connectivity index (χ2n) is 5.72. The Labute approximate surface area is 144 Å². The van der Waals surface area contributed by atoms with Crippen LogP contribution in [0.5, 0.6) is 5.75 Å². The summed E-state index contributed by atoms with van der Waals surface area (Å²) >= 11 is 5.60. The molecule has 0 saturated heterocycles. The maximum absolute atomic E-state index is 13.3. The fourth-order valence-corrected chi connectivity index (χ4v) is 3.07. The fraction of sp³-hybridized carbons (Fsp3) is 0.333. The average molecular weight is 350 g/mol. The van der Waals surface area contributed by atoms with Gasteiger partial charge in [0.05, 0.1) is 5.02 Å². The molecule has 1 aromatic heterocycles. The molecule has 1 aliphatic carbocycles. The highest BCUT2D eigenvalue weighted by Crippen LogP contribution is 2.36. The van der Waals surface area contributed by atoms with Crippen molar-refractivity contribution in [3.63, 3.8) is 0 Å². The molecule has 0 aliphatic heterocycles. The van der Waals surface area contributed by atoms with Crippen molar-refractivity contribution in [3.05, 3.63) is 59.1 Å². The third kappa shape index (κ3) is 4.03. The molecule has 1 aliphatic rings. The number of rotatable bonds is 5. The van der Waals surface area contributed by atoms with E-state index in [2.05, 4.69) is 4.98 Å². The van der Waals surface area contributed by atoms with Crippen molar-refractivity contribution in [1.29, 1.82) is 0 Å². The van der Waals surface area contributed by atoms with Crippen molar-refractivity contribution < 1.29 is 18.7 Å². The summed E-state index contributed by atoms with van der Waals surface area (Å²) < 4.78 is 24.1. The molecule has 2 aromatic rings. The molecule has 126 valence electrons. The van der Waals surface area contributed by atoms with Gasteiger partial charge in [-0.05, 0) is 43.0 Å². The van der Waals surface area contributed by atoms with Gasteiger partial charge >= 0.3 is 5.97 Å². The molecule has 0 spiro atoms. The number of benzene rings is 1. The van der Waals surface area contributed by atoms with Crippen LogP contribution in [0, 0.1) is 5.82 Å². The molecule has 1 aromatic carbocycles. The largest absolute Gasteiger partial charge is 0.482 e. The number of carbonyl (C=O) groups is 1. The lowest BCUT2D eigenvalue weighted by Gasteiger charge is -2.20. The van der Waals surface area contributed by atoms with E-state index in [1.807, 2.05) is 18.3 Å². The maximum atomic E-state index is 13.3. The van der Waals surface area contributed by atoms with Gasteiger partial charge in [-0.25, -0.2) is 9.18 Å². The molecule has 0 radical (unpaired) electrons. The molecule has 24 heavy (non-hydrogen) atoms. The summed E-state index contributed by atoms with van der Waals surface area (Å²) in [6, 6.07) is 7.91. The second kappa shape index (κ2) is 7.62. The highest BCUT2D eigenvalue weighted by molar-refractivity contribution is 6.30. The minimum absolute atomic E-state index is 0.00944. The monoisotopic (exact) mass is 349 g/mol. The molecule has 6 heteroatoms. The zero-order valence-electron chi connectivity index (χ0n) is 13.0. The normalized spacial score (nSPS) is 19.9. The van der Waals surface area contributed by atoms with Crippen LogP contribution < -0.4 is 4.74 Å². The summed E-state index contributed by atoms with van der Waals surface area (Å²) in [5, 5.41) is 0.00944. The van der Waals surface area contributed by atoms with Crippen molar-refractivity contribution >= 4 is 17.6 Å². The summed E-state index contributed by atoms with van der Waals surface area (Å²) in [4.78, 5) is 16.1. The molecule has 2 unspecified atom stereocenters. The van der Waals surface area contributed by atoms with E-state index in [9.17, 15) is 9.18 Å². The van der Waals surface area contributed by atoms with Crippen LogP contribution in [0.15, 0.2) is 42.7 Å². The Hall–Kier alpha value is -2.14. The van der Waals surface area contributed by atoms with Crippen LogP contribution in [0.2, 0.25) is 5.02 Å². The van der Waals surface area contributed by atoms with E-state index in [-0.39, 0.29) is 29.4 Å². The van der Waals surface area contributed by atoms with Crippen LogP contribution in [0.25, 0.3) is 0 Å². The molecule has 0 N–H and O–H groups in total. The number of carbonyl (C=O) groups excluding carboxylic acids is 1. The Morgan fingerprint density at radius 2 is 2.21 bits per heavy atom. The van der Waals surface area contributed by atoms with Gasteiger partial charge in [0.2, 0.25) is 0 Å². The Morgan fingerprint density at radius 1 is 1.33 bits per heavy atom. The molecule has 0 amide bonds. The number of esters is 1. The quantitative estimate of drug-likeness (QED) is 0.761. The van der Waals surface area contributed by atoms with Crippen molar-refractivity contribution in [2.45, 2.75) is 31.3 Å². The fourth-order valence-electron chi connectivity index (χ4n) is 2.96. The first-order valence-corrected chi connectivity index (χ1v) is 8.18. The summed E-state index contributed by atoms with van der Waals surface area (Å²) in [6.07, 6.45) is 6.14. The summed E-state index contributed by atoms with van der Waals surface area (Å²) in [5.74, 6) is -0.652. The van der Waals surface area contributed by atoms with Crippen LogP contribution in [0.1, 0.15) is 30.7 Å². The van der Waals surface area contributed by atoms with Gasteiger partial charge in [-0.15, -0.1) is 0 Å². The van der Waals surface area contributed by atoms with Gasteiger partial charge in [-0.2, -0.15) is 0 Å². The summed E-state index contributed by atoms with van der Waals surface area (Å²) in [5.41, 5.74) is 1.08. The predicted molar refractivity (Wildman–Crippen MR) is 87.6 cm³/mol. The third-order valence-electron chi connectivity index (χ3n) is 4.10. The minimum Gasteiger partial charge on any atom is -0.482 e. The highest BCUT2D eigenvalue weighted by atomic mass is 35.5. The van der Waals surface area contributed by atoms with E-state index >= 15 is 0 Å². The van der Waals surface area contributed by atoms with Gasteiger partial charge < -0.3 is 9.47 Å². The first kappa shape index (κ1) is 16.7. The third-order valence-corrected chi connectivity index (χ3v) is 4.40. The maximum Gasteiger partial charge on any atom is 0.344 e. The summed E-state index contributed by atoms with van der Waals surface area (Å²) in [6.45, 7) is -0.267. The average Bonchev–Trinajstić information content (AvgIpc) is 3.05. The molecule has 3 rings (SSSR count). The van der Waals surface area contributed by atoms with Crippen molar-refractivity contribution in [3.8, 4) is 5.75 Å². The second-order valence-corrected chi connectivity index (χ2v) is 6.12. The van der Waals surface area contributed by atoms with Crippen LogP contribution in [0.4, 0.5) is 4.39 Å². The van der Waals surface area contributed by atoms with Crippen LogP contribution >= 0.6 is 11.6 Å². The number of hydrogen-bond acceptors (Lipinski definition) is 4. The predicted octanol–water partition coefficient (Wildman–Crippen LogP) is 4.13. The highest BCUT2D eigenvalue weighted by Gasteiger charge is 2.31. The van der Waals surface area contributed by atoms with Gasteiger partial charge in [-0.1, -0.05) is 17.7 Å². The molecular formula is C18H17ClFNO3. The Bertz CT molecular complexity index is 711. The van der Waals surface area contributed by atoms with Gasteiger partial charge in [0.25, 0.3) is 0 Å². The Balaban J connectivity index is 1.55. The van der Waals surface area contributed by atoms with E-state index in [1.54, 1.807) is 6.20 Å². The van der Waals surface area contributed by atoms with Crippen molar-refractivity contribution in [1.82, 2.24) is 4.98 Å². The van der Waals surface area contributed by atoms with Crippen molar-refractivity contribution in [2.75, 3.05) is 6.61 Å². The van der Waals surface area contributed by atoms with E-state index in [1.165, 1.54) is 12.1 Å². The molecule has 0 bridgehead atoms. The number of nitrogens with zero attached hydrogens (tertiary/aromatic N) is 1. The molecule has 1 heterocycles. The topological polar surface area (TPSA) is 48.4 Å². The number of pyridine rings is 1. The van der Waals surface area contributed by atoms with E-state index in [4.69, 9.17) is 21.1 Å². The minimum atomic E-state index is -0.588. The Kier molecular flexibility index (Phi) is 5.30. The smallest absolute Gasteiger partial charge is 0.344 e. The molecule has 1 saturated carbocycles. The number of aromatic nitrogens is 1. The molecule has 4 nitrogen and oxygen atoms in total. The molecule has 1 fully saturated rings. The van der Waals surface area contributed by atoms with E-state index < -0.39 is 11.8 Å². The van der Waals surface area contributed by atoms with Gasteiger partial charge in [-0.3, -0.25) is 4.98 Å². The number of ether oxygens (including phenoxy) is 2. The zero-order valence-corrected chi connectivity index (χ0v) is 13.7. The first-order chi connectivity index (χ1) is 11.6. The Morgan fingerprint density at radius 3 is 2.96 bits per heavy atom. The lowest BCUT2D eigenvalue weighted by Crippen LogP contribution is -2.24. The lowest BCUT2D eigenvalue weighted by atomic mass is 9.97. The SMILES string of the molecule is O=C(COc1ccc(Cl)c(F)c1)OC1CCCC1c1cccnc1. The van der Waals surface area contributed by atoms with E-state index in [0.29, 0.717) is 0 Å². The zero-order chi connectivity index (χ0) is 16.9. The van der Waals surface area contributed by atoms with Crippen LogP contribution in [0.3, 0.4) is 0 Å². The standard InChI is InChI=1S/C18H17ClFNO3/c19-15-7-6-13(9-16(15)20)23-11-18(22)24-17-5-1-4-14(17)12-3-2-8-21-10-12/h2-3,6-10,14,17H,1,4-5,11H2. The van der Waals surface area contributed by atoms with Gasteiger partial charge in [0.1, 0.15) is 17.7 Å².